The van der Waals surface area contributed by atoms with Gasteiger partial charge in [0.1, 0.15) is 0 Å². The second-order valence-corrected chi connectivity index (χ2v) is 7.11. The zero-order valence-electron chi connectivity index (χ0n) is 16.6. The van der Waals surface area contributed by atoms with Crippen LogP contribution in [0.5, 0.6) is 0 Å². The molecule has 0 saturated carbocycles. The molecule has 1 nitrogen and oxygen atoms in total. The Morgan fingerprint density at radius 2 is 0.794 bits per heavy atom. The number of rotatable bonds is 13. The monoisotopic (exact) mass is 546 g/mol. The number of halogens is 17. The summed E-state index contributed by atoms with van der Waals surface area (Å²) in [5.41, 5.74) is 0. The van der Waals surface area contributed by atoms with E-state index in [0.29, 0.717) is 12.8 Å². The Labute approximate surface area is 179 Å². The van der Waals surface area contributed by atoms with Crippen molar-refractivity contribution in [2.75, 3.05) is 0 Å². The molecule has 0 radical (unpaired) electrons. The third kappa shape index (κ3) is 4.78. The van der Waals surface area contributed by atoms with E-state index in [-0.39, 0.29) is 12.8 Å². The summed E-state index contributed by atoms with van der Waals surface area (Å²) in [5.74, 6) is -60.6. The van der Waals surface area contributed by atoms with E-state index in [9.17, 15) is 79.4 Å². The smallest absolute Gasteiger partial charge is 0.293 e. The molecule has 18 heteroatoms. The fourth-order valence-corrected chi connectivity index (χ4v) is 2.39. The van der Waals surface area contributed by atoms with Crippen molar-refractivity contribution in [2.45, 2.75) is 93.1 Å². The lowest BCUT2D eigenvalue weighted by Gasteiger charge is -2.42. The molecule has 0 aromatic heterocycles. The number of alkyl halides is 17. The van der Waals surface area contributed by atoms with Crippen molar-refractivity contribution in [3.05, 3.63) is 0 Å². The van der Waals surface area contributed by atoms with E-state index < -0.39 is 66.3 Å². The summed E-state index contributed by atoms with van der Waals surface area (Å²) in [6, 6.07) is 0. The molecule has 0 spiro atoms. The zero-order chi connectivity index (χ0) is 27.8. The van der Waals surface area contributed by atoms with E-state index in [1.54, 1.807) is 6.92 Å². The van der Waals surface area contributed by atoms with Crippen molar-refractivity contribution >= 4 is 5.78 Å². The van der Waals surface area contributed by atoms with E-state index in [2.05, 4.69) is 0 Å². The summed E-state index contributed by atoms with van der Waals surface area (Å²) in [6.45, 7) is 1.64. The van der Waals surface area contributed by atoms with Crippen molar-refractivity contribution in [3.63, 3.8) is 0 Å². The molecule has 0 atom stereocenters. The Morgan fingerprint density at radius 3 is 1.15 bits per heavy atom. The highest BCUT2D eigenvalue weighted by molar-refractivity contribution is 5.87. The minimum atomic E-state index is -8.69. The van der Waals surface area contributed by atoms with Crippen molar-refractivity contribution in [2.24, 2.45) is 0 Å². The van der Waals surface area contributed by atoms with Gasteiger partial charge in [0.05, 0.1) is 0 Å². The van der Waals surface area contributed by atoms with E-state index >= 15 is 0 Å². The Hall–Kier alpha value is -1.52. The number of unbranched alkanes of at least 4 members (excludes halogenated alkanes) is 4. The topological polar surface area (TPSA) is 17.1 Å². The molecule has 0 bridgehead atoms. The molecule has 0 aliphatic carbocycles. The van der Waals surface area contributed by atoms with Crippen molar-refractivity contribution in [1.82, 2.24) is 0 Å². The second kappa shape index (κ2) is 9.50. The van der Waals surface area contributed by atoms with Gasteiger partial charge in [0.15, 0.2) is 0 Å². The molecule has 0 aliphatic rings. The first-order valence-electron chi connectivity index (χ1n) is 8.98. The average molecular weight is 546 g/mol. The molecule has 0 unspecified atom stereocenters. The summed E-state index contributed by atoms with van der Waals surface area (Å²) in [7, 11) is 0. The lowest BCUT2D eigenvalue weighted by atomic mass is 9.87. The van der Waals surface area contributed by atoms with Gasteiger partial charge in [-0.1, -0.05) is 32.6 Å². The largest absolute Gasteiger partial charge is 0.460 e. The van der Waals surface area contributed by atoms with Gasteiger partial charge in [-0.3, -0.25) is 4.79 Å². The van der Waals surface area contributed by atoms with Crippen LogP contribution in [0.2, 0.25) is 0 Å². The molecule has 204 valence electrons. The number of carbonyl (C=O) groups is 1. The Kier molecular flexibility index (Phi) is 9.08. The summed E-state index contributed by atoms with van der Waals surface area (Å²) in [6.07, 6.45) is -9.19. The van der Waals surface area contributed by atoms with Gasteiger partial charge in [-0.15, -0.1) is 0 Å². The van der Waals surface area contributed by atoms with Crippen LogP contribution in [0.25, 0.3) is 0 Å². The maximum Gasteiger partial charge on any atom is 0.460 e. The van der Waals surface area contributed by atoms with Gasteiger partial charge in [-0.05, 0) is 6.42 Å². The van der Waals surface area contributed by atoms with Gasteiger partial charge in [0.2, 0.25) is 5.78 Å². The lowest BCUT2D eigenvalue weighted by Crippen LogP contribution is -2.75. The van der Waals surface area contributed by atoms with Crippen LogP contribution >= 0.6 is 0 Å². The number of carbonyl (C=O) groups excluding carboxylic acids is 1. The van der Waals surface area contributed by atoms with Crippen LogP contribution in [0, 0.1) is 0 Å². The highest BCUT2D eigenvalue weighted by Gasteiger charge is 2.95. The van der Waals surface area contributed by atoms with E-state index in [4.69, 9.17) is 0 Å². The molecule has 0 fully saturated rings. The summed E-state index contributed by atoms with van der Waals surface area (Å²) < 4.78 is 223. The van der Waals surface area contributed by atoms with Gasteiger partial charge in [0.25, 0.3) is 0 Å². The third-order valence-corrected chi connectivity index (χ3v) is 4.58. The van der Waals surface area contributed by atoms with Gasteiger partial charge in [-0.2, -0.15) is 74.6 Å². The van der Waals surface area contributed by atoms with Crippen LogP contribution in [-0.4, -0.2) is 53.4 Å². The van der Waals surface area contributed by atoms with Crippen LogP contribution in [0.4, 0.5) is 74.6 Å². The van der Waals surface area contributed by atoms with Gasteiger partial charge < -0.3 is 0 Å². The maximum atomic E-state index is 13.6. The van der Waals surface area contributed by atoms with Gasteiger partial charge in [-0.25, -0.2) is 0 Å². The van der Waals surface area contributed by atoms with Crippen LogP contribution < -0.4 is 0 Å². The first-order valence-corrected chi connectivity index (χ1v) is 8.98. The van der Waals surface area contributed by atoms with Crippen molar-refractivity contribution < 1.29 is 79.4 Å². The summed E-state index contributed by atoms with van der Waals surface area (Å²) in [4.78, 5) is 11.2. The number of Topliss-reactive ketones (excluding diaryl/α,β-unsaturated/α-hetero) is 1. The highest BCUT2D eigenvalue weighted by Crippen LogP contribution is 2.64. The minimum absolute atomic E-state index is 0.148. The molecule has 0 aromatic carbocycles. The summed E-state index contributed by atoms with van der Waals surface area (Å²) >= 11 is 0. The quantitative estimate of drug-likeness (QED) is 0.170. The fraction of sp³-hybridized carbons (Fsp3) is 0.938. The molecular weight excluding hydrogens is 531 g/mol. The SMILES string of the molecule is CCCCCCCC(=O)C(F)(F)C(F)(F)C(F)(F)C(F)(F)C(F)(F)C(F)(F)C(F)(F)C(F)(F)F. The predicted octanol–water partition coefficient (Wildman–Crippen LogP) is 7.93. The van der Waals surface area contributed by atoms with Gasteiger partial charge in [0, 0.05) is 6.42 Å². The summed E-state index contributed by atoms with van der Waals surface area (Å²) in [5, 5.41) is 0. The van der Waals surface area contributed by atoms with E-state index in [1.165, 1.54) is 0 Å². The Morgan fingerprint density at radius 1 is 0.471 bits per heavy atom. The van der Waals surface area contributed by atoms with E-state index in [1.807, 2.05) is 0 Å². The van der Waals surface area contributed by atoms with Crippen molar-refractivity contribution in [1.29, 1.82) is 0 Å². The van der Waals surface area contributed by atoms with Gasteiger partial charge >= 0.3 is 47.6 Å². The lowest BCUT2D eigenvalue weighted by molar-refractivity contribution is -0.459. The van der Waals surface area contributed by atoms with Crippen LogP contribution in [0.1, 0.15) is 45.4 Å². The number of hydrogen-bond donors (Lipinski definition) is 0. The standard InChI is InChI=1S/C16H15F17O/c1-2-3-4-5-6-7-8(34)9(17,18)10(19,20)11(21,22)12(23,24)13(25,26)14(27,28)15(29,30)16(31,32)33/h2-7H2,1H3. The maximum absolute atomic E-state index is 13.6. The van der Waals surface area contributed by atoms with Crippen LogP contribution in [-0.2, 0) is 4.79 Å². The molecule has 0 saturated heterocycles. The van der Waals surface area contributed by atoms with Crippen molar-refractivity contribution in [3.8, 4) is 0 Å². The number of hydrogen-bond acceptors (Lipinski definition) is 1. The molecule has 34 heavy (non-hydrogen) atoms. The zero-order valence-corrected chi connectivity index (χ0v) is 16.6. The minimum Gasteiger partial charge on any atom is -0.293 e. The number of ketones is 1. The molecule has 0 aromatic rings. The Bertz CT molecular complexity index is 707. The predicted molar refractivity (Wildman–Crippen MR) is 79.1 cm³/mol. The Balaban J connectivity index is 6.32. The first kappa shape index (κ1) is 32.5. The molecular formula is C16H15F17O. The molecule has 0 aliphatic heterocycles. The molecule has 0 heterocycles. The second-order valence-electron chi connectivity index (χ2n) is 7.11. The third-order valence-electron chi connectivity index (χ3n) is 4.58. The molecule has 0 rings (SSSR count). The normalized spacial score (nSPS) is 15.6. The van der Waals surface area contributed by atoms with Crippen LogP contribution in [0.15, 0.2) is 0 Å². The van der Waals surface area contributed by atoms with Crippen LogP contribution in [0.3, 0.4) is 0 Å². The highest BCUT2D eigenvalue weighted by atomic mass is 19.4. The average Bonchev–Trinajstić information content (AvgIpc) is 2.65. The van der Waals surface area contributed by atoms with E-state index in [0.717, 1.165) is 0 Å². The first-order chi connectivity index (χ1) is 14.7. The molecule has 0 N–H and O–H groups in total. The fourth-order valence-electron chi connectivity index (χ4n) is 2.39. The molecule has 0 amide bonds.